The Bertz CT molecular complexity index is 562. The van der Waals surface area contributed by atoms with Crippen molar-refractivity contribution in [2.24, 2.45) is 0 Å². The van der Waals surface area contributed by atoms with E-state index in [4.69, 9.17) is 0 Å². The molecular weight excluding hydrogens is 473 g/mol. The number of piperazine rings is 1. The van der Waals surface area contributed by atoms with E-state index in [-0.39, 0.29) is 36.8 Å². The van der Waals surface area contributed by atoms with Gasteiger partial charge in [-0.05, 0) is 30.2 Å². The molecule has 0 saturated carbocycles. The minimum atomic E-state index is -4.53. The van der Waals surface area contributed by atoms with Gasteiger partial charge in [0.25, 0.3) is 0 Å². The molecule has 1 aromatic carbocycles. The summed E-state index contributed by atoms with van der Waals surface area (Å²) in [6.45, 7) is 2.18. The molecule has 0 aliphatic carbocycles. The van der Waals surface area contributed by atoms with E-state index in [1.54, 1.807) is 0 Å². The van der Waals surface area contributed by atoms with E-state index in [0.717, 1.165) is 12.1 Å². The lowest BCUT2D eigenvalue weighted by Gasteiger charge is -2.36. The molecule has 11 heteroatoms. The summed E-state index contributed by atoms with van der Waals surface area (Å²) < 4.78 is 77.2. The molecule has 1 N–H and O–H groups in total. The van der Waals surface area contributed by atoms with Crippen LogP contribution in [0.3, 0.4) is 0 Å². The van der Waals surface area contributed by atoms with Crippen molar-refractivity contribution in [2.75, 3.05) is 26.2 Å². The molecule has 1 heterocycles. The molecule has 152 valence electrons. The molecule has 0 spiro atoms. The maximum atomic E-state index is 13.0. The van der Waals surface area contributed by atoms with Gasteiger partial charge >= 0.3 is 12.4 Å². The first-order valence-corrected chi connectivity index (χ1v) is 8.25. The van der Waals surface area contributed by atoms with Crippen LogP contribution in [0.15, 0.2) is 22.7 Å². The monoisotopic (exact) mass is 490 g/mol. The fourth-order valence-corrected chi connectivity index (χ4v) is 3.32. The third kappa shape index (κ3) is 7.42. The molecule has 1 atom stereocenters. The number of nitrogens with zero attached hydrogens (tertiary/aromatic N) is 1. The second kappa shape index (κ2) is 10.4. The fraction of sp³-hybridized carbons (Fsp3) is 0.600. The number of rotatable bonds is 4. The zero-order valence-electron chi connectivity index (χ0n) is 13.5. The number of halogens is 9. The summed E-state index contributed by atoms with van der Waals surface area (Å²) in [6.07, 6.45) is -10.2. The van der Waals surface area contributed by atoms with Crippen LogP contribution in [0.25, 0.3) is 0 Å². The molecule has 0 radical (unpaired) electrons. The van der Waals surface area contributed by atoms with Crippen molar-refractivity contribution < 1.29 is 26.3 Å². The van der Waals surface area contributed by atoms with Gasteiger partial charge in [0.05, 0.1) is 5.56 Å². The average molecular weight is 492 g/mol. The van der Waals surface area contributed by atoms with Crippen molar-refractivity contribution in [3.63, 3.8) is 0 Å². The molecule has 0 unspecified atom stereocenters. The molecule has 1 fully saturated rings. The lowest BCUT2D eigenvalue weighted by Crippen LogP contribution is -2.45. The van der Waals surface area contributed by atoms with E-state index in [0.29, 0.717) is 30.7 Å². The van der Waals surface area contributed by atoms with Crippen molar-refractivity contribution in [3.8, 4) is 0 Å². The summed E-state index contributed by atoms with van der Waals surface area (Å²) in [6, 6.07) is 2.41. The van der Waals surface area contributed by atoms with Gasteiger partial charge in [-0.2, -0.15) is 26.3 Å². The third-order valence-electron chi connectivity index (χ3n) is 3.98. The number of hydrogen-bond donors (Lipinski definition) is 1. The Morgan fingerprint density at radius 1 is 1.04 bits per heavy atom. The van der Waals surface area contributed by atoms with Crippen molar-refractivity contribution in [1.29, 1.82) is 0 Å². The van der Waals surface area contributed by atoms with Crippen molar-refractivity contribution in [1.82, 2.24) is 10.2 Å². The van der Waals surface area contributed by atoms with Crippen LogP contribution in [0.4, 0.5) is 26.3 Å². The molecule has 0 bridgehead atoms. The van der Waals surface area contributed by atoms with E-state index in [1.165, 1.54) is 6.07 Å². The minimum absolute atomic E-state index is 0. The highest BCUT2D eigenvalue weighted by atomic mass is 79.9. The molecule has 26 heavy (non-hydrogen) atoms. The molecule has 1 saturated heterocycles. The summed E-state index contributed by atoms with van der Waals surface area (Å²) in [5.41, 5.74) is -0.608. The molecule has 0 amide bonds. The van der Waals surface area contributed by atoms with Crippen LogP contribution < -0.4 is 5.32 Å². The number of nitrogens with one attached hydrogen (secondary N) is 1. The first-order valence-electron chi connectivity index (χ1n) is 7.46. The van der Waals surface area contributed by atoms with Gasteiger partial charge in [0.1, 0.15) is 0 Å². The van der Waals surface area contributed by atoms with Crippen LogP contribution in [-0.4, -0.2) is 37.3 Å². The largest absolute Gasteiger partial charge is 0.416 e. The van der Waals surface area contributed by atoms with Gasteiger partial charge < -0.3 is 5.32 Å². The Balaban J connectivity index is 0.00000312. The van der Waals surface area contributed by atoms with E-state index >= 15 is 0 Å². The Morgan fingerprint density at radius 2 is 1.62 bits per heavy atom. The van der Waals surface area contributed by atoms with Crippen LogP contribution in [0.5, 0.6) is 0 Å². The molecule has 1 aromatic rings. The quantitative estimate of drug-likeness (QED) is 0.551. The lowest BCUT2D eigenvalue weighted by molar-refractivity contribution is -0.140. The van der Waals surface area contributed by atoms with Gasteiger partial charge in [0.2, 0.25) is 0 Å². The zero-order valence-corrected chi connectivity index (χ0v) is 16.7. The van der Waals surface area contributed by atoms with Crippen LogP contribution >= 0.6 is 40.7 Å². The molecule has 2 nitrogen and oxygen atoms in total. The SMILES string of the molecule is Cl.Cl.FC(F)(F)CC[C@H](c1cc(C(F)(F)F)ccc1Br)N1CCNCC1. The van der Waals surface area contributed by atoms with Crippen LogP contribution in [0.1, 0.15) is 30.0 Å². The zero-order chi connectivity index (χ0) is 18.0. The van der Waals surface area contributed by atoms with E-state index in [1.807, 2.05) is 4.90 Å². The summed E-state index contributed by atoms with van der Waals surface area (Å²) in [5.74, 6) is 0. The highest BCUT2D eigenvalue weighted by Gasteiger charge is 2.35. The maximum Gasteiger partial charge on any atom is 0.416 e. The van der Waals surface area contributed by atoms with Gasteiger partial charge in [0, 0.05) is 43.1 Å². The standard InChI is InChI=1S/C15H17BrF6N2.2ClH/c16-12-2-1-10(15(20,21)22)9-11(12)13(3-4-14(17,18)19)24-7-5-23-6-8-24;;/h1-2,9,13,23H,3-8H2;2*1H/t13-;;/m1../s1. The van der Waals surface area contributed by atoms with Crippen LogP contribution in [0, 0.1) is 0 Å². The second-order valence-electron chi connectivity index (χ2n) is 5.69. The van der Waals surface area contributed by atoms with Crippen LogP contribution in [-0.2, 0) is 6.18 Å². The lowest BCUT2D eigenvalue weighted by atomic mass is 9.97. The molecular formula is C15H19BrCl2F6N2. The van der Waals surface area contributed by atoms with E-state index in [9.17, 15) is 26.3 Å². The Kier molecular flexibility index (Phi) is 10.3. The molecule has 1 aliphatic heterocycles. The number of benzene rings is 1. The predicted molar refractivity (Wildman–Crippen MR) is 96.1 cm³/mol. The Morgan fingerprint density at radius 3 is 2.12 bits per heavy atom. The number of alkyl halides is 6. The topological polar surface area (TPSA) is 15.3 Å². The Labute approximate surface area is 168 Å². The predicted octanol–water partition coefficient (Wildman–Crippen LogP) is 5.60. The van der Waals surface area contributed by atoms with Crippen molar-refractivity contribution in [3.05, 3.63) is 33.8 Å². The van der Waals surface area contributed by atoms with Gasteiger partial charge in [0.15, 0.2) is 0 Å². The normalized spacial score (nSPS) is 17.2. The third-order valence-corrected chi connectivity index (χ3v) is 4.70. The van der Waals surface area contributed by atoms with E-state index < -0.39 is 30.4 Å². The van der Waals surface area contributed by atoms with Gasteiger partial charge in [-0.3, -0.25) is 4.90 Å². The van der Waals surface area contributed by atoms with E-state index in [2.05, 4.69) is 21.2 Å². The van der Waals surface area contributed by atoms with Gasteiger partial charge in [-0.25, -0.2) is 0 Å². The smallest absolute Gasteiger partial charge is 0.314 e. The minimum Gasteiger partial charge on any atom is -0.314 e. The maximum absolute atomic E-state index is 13.0. The highest BCUT2D eigenvalue weighted by Crippen LogP contribution is 2.38. The second-order valence-corrected chi connectivity index (χ2v) is 6.54. The van der Waals surface area contributed by atoms with Crippen molar-refractivity contribution >= 4 is 40.7 Å². The molecule has 1 aliphatic rings. The molecule has 0 aromatic heterocycles. The Hall–Kier alpha value is -0.220. The fourth-order valence-electron chi connectivity index (χ4n) is 2.80. The van der Waals surface area contributed by atoms with Gasteiger partial charge in [-0.15, -0.1) is 24.8 Å². The average Bonchev–Trinajstić information content (AvgIpc) is 2.48. The summed E-state index contributed by atoms with van der Waals surface area (Å²) >= 11 is 3.19. The van der Waals surface area contributed by atoms with Gasteiger partial charge in [-0.1, -0.05) is 15.9 Å². The van der Waals surface area contributed by atoms with Crippen molar-refractivity contribution in [2.45, 2.75) is 31.2 Å². The van der Waals surface area contributed by atoms with Crippen LogP contribution in [0.2, 0.25) is 0 Å². The summed E-state index contributed by atoms with van der Waals surface area (Å²) in [4.78, 5) is 1.81. The molecule has 2 rings (SSSR count). The first kappa shape index (κ1) is 25.8. The highest BCUT2D eigenvalue weighted by molar-refractivity contribution is 9.10. The summed E-state index contributed by atoms with van der Waals surface area (Å²) in [5, 5.41) is 3.09. The number of hydrogen-bond acceptors (Lipinski definition) is 2. The first-order chi connectivity index (χ1) is 11.1. The summed E-state index contributed by atoms with van der Waals surface area (Å²) in [7, 11) is 0.